The number of anilines is 2. The maximum absolute atomic E-state index is 12.3. The molecule has 2 heterocycles. The van der Waals surface area contributed by atoms with Crippen LogP contribution in [0.5, 0.6) is 11.5 Å². The number of nitrogens with two attached hydrogens (primary N) is 1. The molecule has 21 heavy (non-hydrogen) atoms. The van der Waals surface area contributed by atoms with Crippen molar-refractivity contribution < 1.29 is 18.7 Å². The van der Waals surface area contributed by atoms with Crippen molar-refractivity contribution in [2.75, 3.05) is 24.3 Å². The number of amides is 1. The highest BCUT2D eigenvalue weighted by molar-refractivity contribution is 6.06. The number of benzene rings is 1. The highest BCUT2D eigenvalue weighted by Gasteiger charge is 2.18. The van der Waals surface area contributed by atoms with E-state index in [1.54, 1.807) is 32.0 Å². The summed E-state index contributed by atoms with van der Waals surface area (Å²) in [6, 6.07) is 5.01. The van der Waals surface area contributed by atoms with Crippen LogP contribution in [0, 0.1) is 13.8 Å². The highest BCUT2D eigenvalue weighted by Crippen LogP contribution is 2.37. The third kappa shape index (κ3) is 2.52. The lowest BCUT2D eigenvalue weighted by Crippen LogP contribution is -2.17. The zero-order chi connectivity index (χ0) is 15.0. The number of furan rings is 1. The number of nitrogen functional groups attached to an aromatic ring is 1. The summed E-state index contributed by atoms with van der Waals surface area (Å²) in [4.78, 5) is 12.3. The Balaban J connectivity index is 1.87. The van der Waals surface area contributed by atoms with E-state index in [0.29, 0.717) is 53.2 Å². The Bertz CT molecular complexity index is 706. The van der Waals surface area contributed by atoms with Crippen LogP contribution in [0.15, 0.2) is 22.6 Å². The summed E-state index contributed by atoms with van der Waals surface area (Å²) in [6.07, 6.45) is 0. The number of ether oxygens (including phenoxy) is 2. The predicted molar refractivity (Wildman–Crippen MR) is 78.0 cm³/mol. The standard InChI is InChI=1S/C15H16N2O4/c1-8-5-10(9(2)21-8)15(18)17-12-7-14-13(6-11(12)16)19-3-4-20-14/h5-7H,3-4,16H2,1-2H3,(H,17,18). The molecule has 0 saturated carbocycles. The van der Waals surface area contributed by atoms with Crippen LogP contribution < -0.4 is 20.5 Å². The van der Waals surface area contributed by atoms with Crippen molar-refractivity contribution in [3.63, 3.8) is 0 Å². The summed E-state index contributed by atoms with van der Waals surface area (Å²) in [7, 11) is 0. The lowest BCUT2D eigenvalue weighted by molar-refractivity contribution is 0.102. The molecule has 3 rings (SSSR count). The number of hydrogen-bond donors (Lipinski definition) is 2. The van der Waals surface area contributed by atoms with Gasteiger partial charge in [-0.25, -0.2) is 0 Å². The second kappa shape index (κ2) is 5.05. The number of rotatable bonds is 2. The van der Waals surface area contributed by atoms with Gasteiger partial charge < -0.3 is 24.9 Å². The zero-order valence-corrected chi connectivity index (χ0v) is 11.9. The maximum atomic E-state index is 12.3. The molecule has 0 aliphatic carbocycles. The van der Waals surface area contributed by atoms with E-state index in [0.717, 1.165) is 0 Å². The molecule has 1 aliphatic heterocycles. The van der Waals surface area contributed by atoms with Gasteiger partial charge in [-0.2, -0.15) is 0 Å². The second-order valence-electron chi connectivity index (χ2n) is 4.86. The van der Waals surface area contributed by atoms with Gasteiger partial charge in [0.05, 0.1) is 16.9 Å². The molecule has 0 atom stereocenters. The monoisotopic (exact) mass is 288 g/mol. The molecule has 110 valence electrons. The van der Waals surface area contributed by atoms with Crippen LogP contribution in [0.1, 0.15) is 21.9 Å². The van der Waals surface area contributed by atoms with E-state index < -0.39 is 0 Å². The minimum Gasteiger partial charge on any atom is -0.486 e. The summed E-state index contributed by atoms with van der Waals surface area (Å²) in [6.45, 7) is 4.51. The van der Waals surface area contributed by atoms with Crippen molar-refractivity contribution >= 4 is 17.3 Å². The molecule has 0 fully saturated rings. The Morgan fingerprint density at radius 3 is 2.43 bits per heavy atom. The van der Waals surface area contributed by atoms with Crippen LogP contribution in [0.2, 0.25) is 0 Å². The van der Waals surface area contributed by atoms with E-state index in [4.69, 9.17) is 19.6 Å². The van der Waals surface area contributed by atoms with E-state index in [1.165, 1.54) is 0 Å². The molecule has 6 heteroatoms. The number of aryl methyl sites for hydroxylation is 2. The van der Waals surface area contributed by atoms with Crippen LogP contribution in [0.4, 0.5) is 11.4 Å². The minimum atomic E-state index is -0.271. The smallest absolute Gasteiger partial charge is 0.259 e. The summed E-state index contributed by atoms with van der Waals surface area (Å²) < 4.78 is 16.3. The number of fused-ring (bicyclic) bond motifs is 1. The first-order valence-electron chi connectivity index (χ1n) is 6.62. The molecule has 0 radical (unpaired) electrons. The molecule has 0 spiro atoms. The minimum absolute atomic E-state index is 0.271. The van der Waals surface area contributed by atoms with Crippen LogP contribution in [-0.4, -0.2) is 19.1 Å². The van der Waals surface area contributed by atoms with Crippen molar-refractivity contribution in [2.45, 2.75) is 13.8 Å². The van der Waals surface area contributed by atoms with Gasteiger partial charge in [-0.05, 0) is 19.9 Å². The molecule has 1 aromatic heterocycles. The van der Waals surface area contributed by atoms with Gasteiger partial charge in [0.15, 0.2) is 11.5 Å². The summed E-state index contributed by atoms with van der Waals surface area (Å²) in [5.74, 6) is 2.15. The average molecular weight is 288 g/mol. The highest BCUT2D eigenvalue weighted by atomic mass is 16.6. The molecule has 0 unspecified atom stereocenters. The molecular weight excluding hydrogens is 272 g/mol. The maximum Gasteiger partial charge on any atom is 0.259 e. The Labute approximate surface area is 121 Å². The third-order valence-corrected chi connectivity index (χ3v) is 3.25. The van der Waals surface area contributed by atoms with Gasteiger partial charge in [0.1, 0.15) is 24.7 Å². The molecule has 0 saturated heterocycles. The van der Waals surface area contributed by atoms with E-state index in [2.05, 4.69) is 5.32 Å². The first-order valence-corrected chi connectivity index (χ1v) is 6.62. The average Bonchev–Trinajstić information content (AvgIpc) is 2.78. The second-order valence-corrected chi connectivity index (χ2v) is 4.86. The number of carbonyl (C=O) groups excluding carboxylic acids is 1. The molecule has 2 aromatic rings. The predicted octanol–water partition coefficient (Wildman–Crippen LogP) is 2.50. The SMILES string of the molecule is Cc1cc(C(=O)Nc2cc3c(cc2N)OCCO3)c(C)o1. The molecule has 1 amide bonds. The van der Waals surface area contributed by atoms with Gasteiger partial charge in [0.2, 0.25) is 0 Å². The molecule has 0 bridgehead atoms. The van der Waals surface area contributed by atoms with Crippen LogP contribution in [0.3, 0.4) is 0 Å². The lowest BCUT2D eigenvalue weighted by Gasteiger charge is -2.20. The number of hydrogen-bond acceptors (Lipinski definition) is 5. The van der Waals surface area contributed by atoms with Gasteiger partial charge >= 0.3 is 0 Å². The quantitative estimate of drug-likeness (QED) is 0.829. The molecule has 1 aromatic carbocycles. The van der Waals surface area contributed by atoms with E-state index >= 15 is 0 Å². The van der Waals surface area contributed by atoms with E-state index in [9.17, 15) is 4.79 Å². The van der Waals surface area contributed by atoms with Crippen LogP contribution >= 0.6 is 0 Å². The van der Waals surface area contributed by atoms with Crippen molar-refractivity contribution in [1.82, 2.24) is 0 Å². The van der Waals surface area contributed by atoms with Gasteiger partial charge in [-0.1, -0.05) is 0 Å². The Morgan fingerprint density at radius 2 is 1.81 bits per heavy atom. The zero-order valence-electron chi connectivity index (χ0n) is 11.9. The fraction of sp³-hybridized carbons (Fsp3) is 0.267. The molecule has 6 nitrogen and oxygen atoms in total. The van der Waals surface area contributed by atoms with Gasteiger partial charge in [0.25, 0.3) is 5.91 Å². The third-order valence-electron chi connectivity index (χ3n) is 3.25. The molecule has 1 aliphatic rings. The van der Waals surface area contributed by atoms with Gasteiger partial charge in [0, 0.05) is 12.1 Å². The topological polar surface area (TPSA) is 86.7 Å². The number of carbonyl (C=O) groups is 1. The number of nitrogens with one attached hydrogen (secondary N) is 1. The normalized spacial score (nSPS) is 13.0. The summed E-state index contributed by atoms with van der Waals surface area (Å²) >= 11 is 0. The Kier molecular flexibility index (Phi) is 3.21. The van der Waals surface area contributed by atoms with Gasteiger partial charge in [-0.15, -0.1) is 0 Å². The Morgan fingerprint density at radius 1 is 1.14 bits per heavy atom. The van der Waals surface area contributed by atoms with Crippen molar-refractivity contribution in [3.05, 3.63) is 35.3 Å². The van der Waals surface area contributed by atoms with Crippen molar-refractivity contribution in [2.24, 2.45) is 0 Å². The molecular formula is C15H16N2O4. The fourth-order valence-corrected chi connectivity index (χ4v) is 2.26. The molecule has 3 N–H and O–H groups in total. The fourth-order valence-electron chi connectivity index (χ4n) is 2.26. The summed E-state index contributed by atoms with van der Waals surface area (Å²) in [5.41, 5.74) is 7.34. The first-order chi connectivity index (χ1) is 10.0. The largest absolute Gasteiger partial charge is 0.486 e. The van der Waals surface area contributed by atoms with Crippen LogP contribution in [-0.2, 0) is 0 Å². The summed E-state index contributed by atoms with van der Waals surface area (Å²) in [5, 5.41) is 2.77. The van der Waals surface area contributed by atoms with Gasteiger partial charge in [-0.3, -0.25) is 4.79 Å². The first kappa shape index (κ1) is 13.4. The lowest BCUT2D eigenvalue weighted by atomic mass is 10.2. The van der Waals surface area contributed by atoms with Crippen molar-refractivity contribution in [3.8, 4) is 11.5 Å². The van der Waals surface area contributed by atoms with Crippen LogP contribution in [0.25, 0.3) is 0 Å². The Hall–Kier alpha value is -2.63. The van der Waals surface area contributed by atoms with E-state index in [-0.39, 0.29) is 5.91 Å². The van der Waals surface area contributed by atoms with Crippen molar-refractivity contribution in [1.29, 1.82) is 0 Å². The van der Waals surface area contributed by atoms with E-state index in [1.807, 2.05) is 0 Å².